The number of carbonyl (C=O) groups is 1. The molecule has 14 heavy (non-hydrogen) atoms. The van der Waals surface area contributed by atoms with Gasteiger partial charge in [-0.2, -0.15) is 0 Å². The zero-order valence-corrected chi connectivity index (χ0v) is 9.08. The van der Waals surface area contributed by atoms with Crippen molar-refractivity contribution < 1.29 is 14.3 Å². The van der Waals surface area contributed by atoms with Gasteiger partial charge in [0.2, 0.25) is 0 Å². The molecule has 0 radical (unpaired) electrons. The zero-order valence-electron chi connectivity index (χ0n) is 9.08. The molecular weight excluding hydrogens is 180 g/mol. The molecule has 0 amide bonds. The lowest BCUT2D eigenvalue weighted by molar-refractivity contribution is -0.146. The van der Waals surface area contributed by atoms with Crippen molar-refractivity contribution in [1.29, 1.82) is 0 Å². The van der Waals surface area contributed by atoms with E-state index in [1.807, 2.05) is 13.8 Å². The molecule has 0 aliphatic heterocycles. The normalized spacial score (nSPS) is 35.1. The molecule has 1 rings (SSSR count). The molecule has 3 atom stereocenters. The van der Waals surface area contributed by atoms with Crippen LogP contribution in [0.15, 0.2) is 12.7 Å². The monoisotopic (exact) mass is 198 g/mol. The summed E-state index contributed by atoms with van der Waals surface area (Å²) < 4.78 is 10.5. The average molecular weight is 198 g/mol. The molecule has 0 aromatic heterocycles. The third-order valence-electron chi connectivity index (χ3n) is 2.84. The summed E-state index contributed by atoms with van der Waals surface area (Å²) in [5, 5.41) is 0. The lowest BCUT2D eigenvalue weighted by atomic mass is 10.2. The van der Waals surface area contributed by atoms with Crippen molar-refractivity contribution in [2.24, 2.45) is 11.8 Å². The Morgan fingerprint density at radius 1 is 1.50 bits per heavy atom. The Kier molecular flexibility index (Phi) is 3.32. The van der Waals surface area contributed by atoms with E-state index in [9.17, 15) is 4.79 Å². The van der Waals surface area contributed by atoms with E-state index in [2.05, 4.69) is 6.58 Å². The first-order valence-corrected chi connectivity index (χ1v) is 5.08. The Morgan fingerprint density at radius 2 is 2.14 bits per heavy atom. The van der Waals surface area contributed by atoms with Crippen LogP contribution in [0.5, 0.6) is 0 Å². The van der Waals surface area contributed by atoms with Crippen LogP contribution in [0, 0.1) is 11.8 Å². The van der Waals surface area contributed by atoms with Gasteiger partial charge in [0.15, 0.2) is 0 Å². The van der Waals surface area contributed by atoms with Crippen LogP contribution in [0.25, 0.3) is 0 Å². The minimum absolute atomic E-state index is 0.167. The Balaban J connectivity index is 2.65. The van der Waals surface area contributed by atoms with Gasteiger partial charge in [-0.15, -0.1) is 6.58 Å². The van der Waals surface area contributed by atoms with Crippen LogP contribution in [-0.4, -0.2) is 24.8 Å². The van der Waals surface area contributed by atoms with E-state index in [1.54, 1.807) is 13.0 Å². The minimum atomic E-state index is -0.471. The van der Waals surface area contributed by atoms with Gasteiger partial charge in [-0.05, 0) is 13.8 Å². The van der Waals surface area contributed by atoms with E-state index in [4.69, 9.17) is 9.47 Å². The van der Waals surface area contributed by atoms with Crippen LogP contribution >= 0.6 is 0 Å². The van der Waals surface area contributed by atoms with Gasteiger partial charge in [-0.25, -0.2) is 0 Å². The van der Waals surface area contributed by atoms with E-state index in [0.717, 1.165) is 0 Å². The summed E-state index contributed by atoms with van der Waals surface area (Å²) in [4.78, 5) is 11.5. The topological polar surface area (TPSA) is 35.5 Å². The van der Waals surface area contributed by atoms with Crippen LogP contribution < -0.4 is 0 Å². The van der Waals surface area contributed by atoms with Crippen LogP contribution in [0.1, 0.15) is 20.8 Å². The quantitative estimate of drug-likeness (QED) is 0.499. The first-order valence-electron chi connectivity index (χ1n) is 5.08. The first-order chi connectivity index (χ1) is 6.64. The van der Waals surface area contributed by atoms with Crippen molar-refractivity contribution in [1.82, 2.24) is 0 Å². The molecule has 1 aliphatic carbocycles. The molecule has 1 saturated carbocycles. The number of hydrogen-bond donors (Lipinski definition) is 0. The number of rotatable bonds is 5. The second-order valence-corrected chi connectivity index (χ2v) is 3.51. The fourth-order valence-corrected chi connectivity index (χ4v) is 2.02. The molecule has 0 bridgehead atoms. The van der Waals surface area contributed by atoms with Crippen LogP contribution in [0.3, 0.4) is 0 Å². The highest BCUT2D eigenvalue weighted by molar-refractivity contribution is 5.79. The molecule has 1 fully saturated rings. The molecule has 0 N–H and O–H groups in total. The summed E-state index contributed by atoms with van der Waals surface area (Å²) >= 11 is 0. The van der Waals surface area contributed by atoms with Crippen LogP contribution in [0.2, 0.25) is 0 Å². The Hall–Kier alpha value is -0.830. The Bertz CT molecular complexity index is 237. The van der Waals surface area contributed by atoms with Gasteiger partial charge in [-0.3, -0.25) is 4.79 Å². The van der Waals surface area contributed by atoms with Gasteiger partial charge in [0.25, 0.3) is 0 Å². The van der Waals surface area contributed by atoms with Crippen molar-refractivity contribution in [3.63, 3.8) is 0 Å². The van der Waals surface area contributed by atoms with Gasteiger partial charge in [0.05, 0.1) is 12.5 Å². The highest BCUT2D eigenvalue weighted by Gasteiger charge is 2.66. The van der Waals surface area contributed by atoms with Crippen molar-refractivity contribution in [3.05, 3.63) is 12.7 Å². The van der Waals surface area contributed by atoms with E-state index in [1.165, 1.54) is 0 Å². The van der Waals surface area contributed by atoms with Crippen molar-refractivity contribution in [2.45, 2.75) is 26.4 Å². The first kappa shape index (κ1) is 11.2. The van der Waals surface area contributed by atoms with Crippen molar-refractivity contribution in [2.75, 3.05) is 13.2 Å². The molecule has 1 aliphatic rings. The maximum atomic E-state index is 11.5. The number of carbonyl (C=O) groups excluding carboxylic acids is 1. The molecule has 3 heteroatoms. The lowest BCUT2D eigenvalue weighted by Gasteiger charge is -2.12. The summed E-state index contributed by atoms with van der Waals surface area (Å²) in [6.45, 7) is 10.4. The molecule has 0 unspecified atom stereocenters. The summed E-state index contributed by atoms with van der Waals surface area (Å²) in [6.07, 6.45) is 1.72. The second-order valence-electron chi connectivity index (χ2n) is 3.51. The van der Waals surface area contributed by atoms with Crippen molar-refractivity contribution >= 4 is 5.97 Å². The number of ether oxygens (including phenoxy) is 2. The van der Waals surface area contributed by atoms with E-state index >= 15 is 0 Å². The molecule has 3 nitrogen and oxygen atoms in total. The summed E-state index contributed by atoms with van der Waals surface area (Å²) in [7, 11) is 0. The van der Waals surface area contributed by atoms with E-state index in [-0.39, 0.29) is 17.8 Å². The van der Waals surface area contributed by atoms with Gasteiger partial charge < -0.3 is 9.47 Å². The lowest BCUT2D eigenvalue weighted by Crippen LogP contribution is -2.20. The standard InChI is InChI=1S/C11H18O3/c1-5-11(14-7-3)8(4)9(11)10(12)13-6-2/h5,8-9H,1,6-7H2,2-4H3/t8-,9+,11-/m0/s1. The summed E-state index contributed by atoms with van der Waals surface area (Å²) in [6, 6.07) is 0. The fourth-order valence-electron chi connectivity index (χ4n) is 2.02. The molecule has 0 saturated heterocycles. The second kappa shape index (κ2) is 4.13. The maximum absolute atomic E-state index is 11.5. The molecule has 80 valence electrons. The average Bonchev–Trinajstić information content (AvgIpc) is 2.73. The predicted octanol–water partition coefficient (Wildman–Crippen LogP) is 1.78. The Labute approximate surface area is 85.1 Å². The number of esters is 1. The molecule has 0 aromatic carbocycles. The van der Waals surface area contributed by atoms with Crippen LogP contribution in [0.4, 0.5) is 0 Å². The highest BCUT2D eigenvalue weighted by atomic mass is 16.5. The van der Waals surface area contributed by atoms with E-state index < -0.39 is 5.60 Å². The maximum Gasteiger partial charge on any atom is 0.312 e. The molecule has 0 spiro atoms. The molecule has 0 heterocycles. The summed E-state index contributed by atoms with van der Waals surface area (Å²) in [5.74, 6) is -0.160. The van der Waals surface area contributed by atoms with Gasteiger partial charge >= 0.3 is 5.97 Å². The molecule has 0 aromatic rings. The third-order valence-corrected chi connectivity index (χ3v) is 2.84. The van der Waals surface area contributed by atoms with E-state index in [0.29, 0.717) is 13.2 Å². The molecular formula is C11H18O3. The Morgan fingerprint density at radius 3 is 2.57 bits per heavy atom. The SMILES string of the molecule is C=C[C@]1(OCC)[C@@H](C)[C@@H]1C(=O)OCC. The highest BCUT2D eigenvalue weighted by Crippen LogP contribution is 2.54. The van der Waals surface area contributed by atoms with Gasteiger partial charge in [0.1, 0.15) is 5.60 Å². The zero-order chi connectivity index (χ0) is 10.8. The smallest absolute Gasteiger partial charge is 0.312 e. The third kappa shape index (κ3) is 1.57. The van der Waals surface area contributed by atoms with Gasteiger partial charge in [-0.1, -0.05) is 13.0 Å². The fraction of sp³-hybridized carbons (Fsp3) is 0.727. The van der Waals surface area contributed by atoms with Gasteiger partial charge in [0, 0.05) is 12.5 Å². The minimum Gasteiger partial charge on any atom is -0.466 e. The number of hydrogen-bond acceptors (Lipinski definition) is 3. The van der Waals surface area contributed by atoms with Crippen LogP contribution in [-0.2, 0) is 14.3 Å². The predicted molar refractivity (Wildman–Crippen MR) is 53.8 cm³/mol. The summed E-state index contributed by atoms with van der Waals surface area (Å²) in [5.41, 5.74) is -0.471. The van der Waals surface area contributed by atoms with Crippen molar-refractivity contribution in [3.8, 4) is 0 Å². The largest absolute Gasteiger partial charge is 0.466 e.